The van der Waals surface area contributed by atoms with Gasteiger partial charge in [-0.3, -0.25) is 0 Å². The van der Waals surface area contributed by atoms with Crippen LogP contribution in [0.5, 0.6) is 0 Å². The molecule has 0 aromatic carbocycles. The quantitative estimate of drug-likeness (QED) is 0.540. The van der Waals surface area contributed by atoms with E-state index in [4.69, 9.17) is 0 Å². The van der Waals surface area contributed by atoms with E-state index in [1.165, 1.54) is 0 Å². The van der Waals surface area contributed by atoms with Gasteiger partial charge in [0.1, 0.15) is 0 Å². The first kappa shape index (κ1) is 7.78. The zero-order chi connectivity index (χ0) is 5.91. The van der Waals surface area contributed by atoms with E-state index in [9.17, 15) is 0 Å². The summed E-state index contributed by atoms with van der Waals surface area (Å²) in [7, 11) is 1.88. The fourth-order valence-corrected chi connectivity index (χ4v) is 11.7. The van der Waals surface area contributed by atoms with Gasteiger partial charge in [0, 0.05) is 0 Å². The monoisotopic (exact) mass is 150 g/mol. The Kier molecular flexibility index (Phi) is 3.27. The second kappa shape index (κ2) is 2.94. The van der Waals surface area contributed by atoms with Crippen molar-refractivity contribution in [1.29, 1.82) is 0 Å². The van der Waals surface area contributed by atoms with Crippen molar-refractivity contribution >= 4 is 26.6 Å². The highest BCUT2D eigenvalue weighted by Gasteiger charge is 2.10. The summed E-state index contributed by atoms with van der Waals surface area (Å²) in [5.41, 5.74) is 0. The SMILES string of the molecule is C[SiH2]S[Si](C)(C)C. The summed E-state index contributed by atoms with van der Waals surface area (Å²) in [5, 5.41) is 0. The maximum Gasteiger partial charge on any atom is 0.0997 e. The van der Waals surface area contributed by atoms with Crippen LogP contribution >= 0.6 is 10.7 Å². The summed E-state index contributed by atoms with van der Waals surface area (Å²) in [4.78, 5) is 0. The van der Waals surface area contributed by atoms with Gasteiger partial charge in [-0.1, -0.05) is 26.2 Å². The van der Waals surface area contributed by atoms with Gasteiger partial charge in [0.2, 0.25) is 0 Å². The van der Waals surface area contributed by atoms with Crippen LogP contribution < -0.4 is 0 Å². The molecule has 0 fully saturated rings. The summed E-state index contributed by atoms with van der Waals surface area (Å²) < 4.78 is 0. The molecule has 0 unspecified atom stereocenters. The highest BCUT2D eigenvalue weighted by atomic mass is 32.5. The van der Waals surface area contributed by atoms with Crippen LogP contribution in [0.4, 0.5) is 0 Å². The molecule has 0 nitrogen and oxygen atoms in total. The van der Waals surface area contributed by atoms with Gasteiger partial charge in [-0.2, -0.15) is 0 Å². The van der Waals surface area contributed by atoms with E-state index in [2.05, 4.69) is 36.8 Å². The minimum Gasteiger partial charge on any atom is -0.214 e. The van der Waals surface area contributed by atoms with Gasteiger partial charge in [-0.15, -0.1) is 0 Å². The Labute approximate surface area is 53.2 Å². The predicted octanol–water partition coefficient (Wildman–Crippen LogP) is 1.69. The molecule has 44 valence electrons. The van der Waals surface area contributed by atoms with E-state index in [0.717, 1.165) is 0 Å². The van der Waals surface area contributed by atoms with Crippen molar-refractivity contribution in [2.75, 3.05) is 0 Å². The van der Waals surface area contributed by atoms with Crippen LogP contribution in [0.2, 0.25) is 26.2 Å². The van der Waals surface area contributed by atoms with Crippen molar-refractivity contribution in [2.45, 2.75) is 26.2 Å². The third kappa shape index (κ3) is 6.78. The Morgan fingerprint density at radius 2 is 1.71 bits per heavy atom. The number of rotatable bonds is 2. The average Bonchev–Trinajstić information content (AvgIpc) is 1.30. The highest BCUT2D eigenvalue weighted by Crippen LogP contribution is 2.16. The van der Waals surface area contributed by atoms with E-state index >= 15 is 0 Å². The van der Waals surface area contributed by atoms with Crippen molar-refractivity contribution in [3.63, 3.8) is 0 Å². The van der Waals surface area contributed by atoms with Crippen LogP contribution in [0.25, 0.3) is 0 Å². The van der Waals surface area contributed by atoms with E-state index in [1.807, 2.05) is 0 Å². The van der Waals surface area contributed by atoms with Gasteiger partial charge >= 0.3 is 0 Å². The molecular formula is C4H14SSi2. The fraction of sp³-hybridized carbons (Fsp3) is 1.00. The molecule has 0 aliphatic heterocycles. The molecule has 0 aromatic heterocycles. The molecule has 0 aromatic rings. The second-order valence-corrected chi connectivity index (χ2v) is 16.5. The van der Waals surface area contributed by atoms with Crippen molar-refractivity contribution in [3.05, 3.63) is 0 Å². The first-order chi connectivity index (χ1) is 3.06. The zero-order valence-electron chi connectivity index (χ0n) is 5.62. The van der Waals surface area contributed by atoms with Crippen LogP contribution in [0, 0.1) is 0 Å². The Balaban J connectivity index is 3.15. The molecule has 0 radical (unpaired) electrons. The van der Waals surface area contributed by atoms with Crippen molar-refractivity contribution in [1.82, 2.24) is 0 Å². The molecule has 0 saturated heterocycles. The first-order valence-corrected chi connectivity index (χ1v) is 11.1. The molecule has 0 saturated carbocycles. The van der Waals surface area contributed by atoms with Gasteiger partial charge in [0.15, 0.2) is 0 Å². The van der Waals surface area contributed by atoms with Crippen LogP contribution in [0.3, 0.4) is 0 Å². The Hall–Kier alpha value is 0.784. The molecule has 0 spiro atoms. The van der Waals surface area contributed by atoms with E-state index in [-0.39, 0.29) is 8.67 Å². The highest BCUT2D eigenvalue weighted by molar-refractivity contribution is 8.45. The molecule has 0 amide bonds. The largest absolute Gasteiger partial charge is 0.214 e. The third-order valence-electron chi connectivity index (χ3n) is 0.577. The lowest BCUT2D eigenvalue weighted by Gasteiger charge is -2.12. The number of hydrogen-bond acceptors (Lipinski definition) is 1. The summed E-state index contributed by atoms with van der Waals surface area (Å²) in [6.45, 7) is 9.60. The van der Waals surface area contributed by atoms with Crippen molar-refractivity contribution in [3.8, 4) is 0 Å². The standard InChI is InChI=1S/C4H14SSi2/c1-6-5-7(2,3)4/h6H2,1-4H3. The molecule has 0 bridgehead atoms. The summed E-state index contributed by atoms with van der Waals surface area (Å²) in [6, 6.07) is 0. The molecule has 0 N–H and O–H groups in total. The molecule has 0 atom stereocenters. The van der Waals surface area contributed by atoms with Crippen LogP contribution in [0.15, 0.2) is 0 Å². The molecule has 3 heteroatoms. The van der Waals surface area contributed by atoms with Crippen molar-refractivity contribution < 1.29 is 0 Å². The lowest BCUT2D eigenvalue weighted by Crippen LogP contribution is -2.14. The smallest absolute Gasteiger partial charge is 0.0997 e. The topological polar surface area (TPSA) is 0 Å². The number of hydrogen-bond donors (Lipinski definition) is 0. The lowest BCUT2D eigenvalue weighted by molar-refractivity contribution is 1.88. The molecule has 7 heavy (non-hydrogen) atoms. The molecule has 0 heterocycles. The summed E-state index contributed by atoms with van der Waals surface area (Å²) in [6.07, 6.45) is 0. The first-order valence-electron chi connectivity index (χ1n) is 2.70. The van der Waals surface area contributed by atoms with Crippen LogP contribution in [-0.4, -0.2) is 15.9 Å². The fourth-order valence-electron chi connectivity index (χ4n) is 0.433. The van der Waals surface area contributed by atoms with Crippen LogP contribution in [0.1, 0.15) is 0 Å². The van der Waals surface area contributed by atoms with Crippen molar-refractivity contribution in [2.24, 2.45) is 0 Å². The minimum absolute atomic E-state index is 0.288. The van der Waals surface area contributed by atoms with Gasteiger partial charge in [-0.05, 0) is 0 Å². The van der Waals surface area contributed by atoms with E-state index in [0.29, 0.717) is 0 Å². The molecule has 0 aliphatic carbocycles. The minimum atomic E-state index is -0.679. The van der Waals surface area contributed by atoms with Gasteiger partial charge < -0.3 is 0 Å². The normalized spacial score (nSPS) is 13.7. The second-order valence-electron chi connectivity index (χ2n) is 2.55. The van der Waals surface area contributed by atoms with E-state index < -0.39 is 7.22 Å². The molecular weight excluding hydrogens is 136 g/mol. The van der Waals surface area contributed by atoms with Crippen LogP contribution in [-0.2, 0) is 0 Å². The summed E-state index contributed by atoms with van der Waals surface area (Å²) >= 11 is 0. The molecule has 0 aliphatic rings. The zero-order valence-corrected chi connectivity index (χ0v) is 8.85. The van der Waals surface area contributed by atoms with Gasteiger partial charge in [0.05, 0.1) is 15.9 Å². The average molecular weight is 150 g/mol. The molecule has 0 rings (SSSR count). The van der Waals surface area contributed by atoms with E-state index in [1.54, 1.807) is 0 Å². The predicted molar refractivity (Wildman–Crippen MR) is 45.3 cm³/mol. The third-order valence-corrected chi connectivity index (χ3v) is 15.6. The maximum atomic E-state index is 2.41. The maximum absolute atomic E-state index is 2.41. The Morgan fingerprint density at radius 1 is 1.29 bits per heavy atom. The lowest BCUT2D eigenvalue weighted by atomic mass is 11.8. The summed E-state index contributed by atoms with van der Waals surface area (Å²) in [5.74, 6) is 0. The van der Waals surface area contributed by atoms with Gasteiger partial charge in [0.25, 0.3) is 0 Å². The Morgan fingerprint density at radius 3 is 1.71 bits per heavy atom. The Bertz CT molecular complexity index is 48.1. The van der Waals surface area contributed by atoms with Gasteiger partial charge in [-0.25, -0.2) is 10.7 Å².